The molecule has 0 amide bonds. The van der Waals surface area contributed by atoms with Crippen molar-refractivity contribution in [3.05, 3.63) is 0 Å². The second-order valence-corrected chi connectivity index (χ2v) is 8.16. The molecule has 1 N–H and O–H groups in total. The average molecular weight is 313 g/mol. The zero-order chi connectivity index (χ0) is 15.4. The van der Waals surface area contributed by atoms with Crippen LogP contribution in [-0.4, -0.2) is 18.5 Å². The predicted molar refractivity (Wildman–Crippen MR) is 87.2 cm³/mol. The van der Waals surface area contributed by atoms with Gasteiger partial charge in [0.1, 0.15) is 0 Å². The standard InChI is InChI=1S/C19H33F2N/c20-19(21)11-6-9-16(14-19)18(15-7-2-1-3-8-15)13-17-10-4-5-12-22-17/h15-18,22H,1-14H2. The fourth-order valence-electron chi connectivity index (χ4n) is 5.36. The van der Waals surface area contributed by atoms with Crippen LogP contribution < -0.4 is 5.32 Å². The third kappa shape index (κ3) is 4.43. The summed E-state index contributed by atoms with van der Waals surface area (Å²) in [5.74, 6) is -0.857. The van der Waals surface area contributed by atoms with Gasteiger partial charge < -0.3 is 5.32 Å². The smallest absolute Gasteiger partial charge is 0.248 e. The number of hydrogen-bond acceptors (Lipinski definition) is 1. The van der Waals surface area contributed by atoms with Crippen molar-refractivity contribution in [2.24, 2.45) is 17.8 Å². The molecule has 3 rings (SSSR count). The Morgan fingerprint density at radius 3 is 2.27 bits per heavy atom. The summed E-state index contributed by atoms with van der Waals surface area (Å²) in [6.07, 6.45) is 13.7. The van der Waals surface area contributed by atoms with E-state index in [1.54, 1.807) is 0 Å². The Kier molecular flexibility index (Phi) is 5.75. The normalized spacial score (nSPS) is 35.2. The van der Waals surface area contributed by atoms with Crippen LogP contribution in [0.4, 0.5) is 8.78 Å². The molecule has 3 heteroatoms. The topological polar surface area (TPSA) is 12.0 Å². The summed E-state index contributed by atoms with van der Waals surface area (Å²) >= 11 is 0. The van der Waals surface area contributed by atoms with Gasteiger partial charge in [-0.05, 0) is 56.4 Å². The molecule has 3 aliphatic rings. The highest BCUT2D eigenvalue weighted by Crippen LogP contribution is 2.46. The maximum absolute atomic E-state index is 13.9. The number of hydrogen-bond donors (Lipinski definition) is 1. The third-order valence-electron chi connectivity index (χ3n) is 6.51. The van der Waals surface area contributed by atoms with Crippen LogP contribution in [0.5, 0.6) is 0 Å². The van der Waals surface area contributed by atoms with Gasteiger partial charge in [-0.2, -0.15) is 0 Å². The van der Waals surface area contributed by atoms with Crippen molar-refractivity contribution >= 4 is 0 Å². The van der Waals surface area contributed by atoms with E-state index in [1.807, 2.05) is 0 Å². The summed E-state index contributed by atoms with van der Waals surface area (Å²) in [4.78, 5) is 0. The molecule has 1 heterocycles. The summed E-state index contributed by atoms with van der Waals surface area (Å²) in [5.41, 5.74) is 0. The van der Waals surface area contributed by atoms with Crippen LogP contribution in [0.2, 0.25) is 0 Å². The van der Waals surface area contributed by atoms with Crippen molar-refractivity contribution in [1.82, 2.24) is 5.32 Å². The van der Waals surface area contributed by atoms with E-state index in [0.29, 0.717) is 12.0 Å². The molecule has 3 atom stereocenters. The second kappa shape index (κ2) is 7.59. The minimum atomic E-state index is -2.39. The van der Waals surface area contributed by atoms with E-state index in [-0.39, 0.29) is 18.8 Å². The summed E-state index contributed by atoms with van der Waals surface area (Å²) < 4.78 is 27.9. The highest BCUT2D eigenvalue weighted by molar-refractivity contribution is 4.89. The molecule has 128 valence electrons. The van der Waals surface area contributed by atoms with E-state index in [1.165, 1.54) is 51.4 Å². The molecule has 1 saturated heterocycles. The molecule has 2 aliphatic carbocycles. The number of halogens is 2. The van der Waals surface area contributed by atoms with Gasteiger partial charge in [0, 0.05) is 18.9 Å². The minimum Gasteiger partial charge on any atom is -0.314 e. The molecule has 0 aromatic heterocycles. The molecule has 0 spiro atoms. The molecule has 22 heavy (non-hydrogen) atoms. The zero-order valence-electron chi connectivity index (χ0n) is 14.0. The lowest BCUT2D eigenvalue weighted by Crippen LogP contribution is -2.41. The molecule has 2 saturated carbocycles. The molecule has 1 nitrogen and oxygen atoms in total. The first-order valence-corrected chi connectivity index (χ1v) is 9.75. The third-order valence-corrected chi connectivity index (χ3v) is 6.51. The molecule has 0 radical (unpaired) electrons. The van der Waals surface area contributed by atoms with E-state index < -0.39 is 5.92 Å². The lowest BCUT2D eigenvalue weighted by molar-refractivity contribution is -0.0704. The van der Waals surface area contributed by atoms with Crippen molar-refractivity contribution in [2.75, 3.05) is 6.54 Å². The average Bonchev–Trinajstić information content (AvgIpc) is 2.53. The summed E-state index contributed by atoms with van der Waals surface area (Å²) in [7, 11) is 0. The molecule has 0 aromatic carbocycles. The first-order chi connectivity index (χ1) is 10.6. The largest absolute Gasteiger partial charge is 0.314 e. The highest BCUT2D eigenvalue weighted by atomic mass is 19.3. The molecule has 3 fully saturated rings. The Bertz CT molecular complexity index is 332. The minimum absolute atomic E-state index is 0.128. The lowest BCUT2D eigenvalue weighted by atomic mass is 9.66. The van der Waals surface area contributed by atoms with Gasteiger partial charge in [-0.15, -0.1) is 0 Å². The van der Waals surface area contributed by atoms with Gasteiger partial charge in [0.25, 0.3) is 0 Å². The second-order valence-electron chi connectivity index (χ2n) is 8.16. The van der Waals surface area contributed by atoms with Crippen LogP contribution in [0, 0.1) is 17.8 Å². The molecule has 0 bridgehead atoms. The van der Waals surface area contributed by atoms with Crippen molar-refractivity contribution in [2.45, 2.75) is 95.4 Å². The maximum atomic E-state index is 13.9. The quantitative estimate of drug-likeness (QED) is 0.718. The number of alkyl halides is 2. The molecule has 1 aliphatic heterocycles. The van der Waals surface area contributed by atoms with Crippen LogP contribution in [0.3, 0.4) is 0 Å². The van der Waals surface area contributed by atoms with Gasteiger partial charge >= 0.3 is 0 Å². The summed E-state index contributed by atoms with van der Waals surface area (Å²) in [6, 6.07) is 0.594. The van der Waals surface area contributed by atoms with Crippen LogP contribution in [-0.2, 0) is 0 Å². The predicted octanol–water partition coefficient (Wildman–Crippen LogP) is 5.54. The van der Waals surface area contributed by atoms with Gasteiger partial charge in [0.15, 0.2) is 0 Å². The van der Waals surface area contributed by atoms with Crippen LogP contribution in [0.25, 0.3) is 0 Å². The SMILES string of the molecule is FC1(F)CCCC(C(CC2CCCCN2)C2CCCCC2)C1. The van der Waals surface area contributed by atoms with Gasteiger partial charge in [0.2, 0.25) is 5.92 Å². The van der Waals surface area contributed by atoms with E-state index in [0.717, 1.165) is 31.7 Å². The van der Waals surface area contributed by atoms with E-state index in [4.69, 9.17) is 0 Å². The van der Waals surface area contributed by atoms with Gasteiger partial charge in [-0.25, -0.2) is 8.78 Å². The summed E-state index contributed by atoms with van der Waals surface area (Å²) in [5, 5.41) is 3.66. The Balaban J connectivity index is 1.66. The van der Waals surface area contributed by atoms with E-state index in [9.17, 15) is 8.78 Å². The maximum Gasteiger partial charge on any atom is 0.248 e. The van der Waals surface area contributed by atoms with Crippen LogP contribution in [0.15, 0.2) is 0 Å². The monoisotopic (exact) mass is 313 g/mol. The lowest BCUT2D eigenvalue weighted by Gasteiger charge is -2.42. The van der Waals surface area contributed by atoms with E-state index >= 15 is 0 Å². The molecule has 3 unspecified atom stereocenters. The van der Waals surface area contributed by atoms with Crippen molar-refractivity contribution in [3.8, 4) is 0 Å². The number of nitrogens with one attached hydrogen (secondary N) is 1. The van der Waals surface area contributed by atoms with Gasteiger partial charge in [-0.3, -0.25) is 0 Å². The Labute approximate surface area is 134 Å². The fourth-order valence-corrected chi connectivity index (χ4v) is 5.36. The molecular formula is C19H33F2N. The fraction of sp³-hybridized carbons (Fsp3) is 1.00. The number of rotatable bonds is 4. The Morgan fingerprint density at radius 2 is 1.59 bits per heavy atom. The van der Waals surface area contributed by atoms with Crippen molar-refractivity contribution < 1.29 is 8.78 Å². The molecular weight excluding hydrogens is 280 g/mol. The Hall–Kier alpha value is -0.180. The molecule has 0 aromatic rings. The van der Waals surface area contributed by atoms with Crippen molar-refractivity contribution in [1.29, 1.82) is 0 Å². The van der Waals surface area contributed by atoms with Crippen molar-refractivity contribution in [3.63, 3.8) is 0 Å². The van der Waals surface area contributed by atoms with Gasteiger partial charge in [0.05, 0.1) is 0 Å². The van der Waals surface area contributed by atoms with E-state index in [2.05, 4.69) is 5.32 Å². The van der Waals surface area contributed by atoms with Gasteiger partial charge in [-0.1, -0.05) is 38.5 Å². The Morgan fingerprint density at radius 1 is 0.864 bits per heavy atom. The first kappa shape index (κ1) is 16.7. The number of piperidine rings is 1. The first-order valence-electron chi connectivity index (χ1n) is 9.75. The summed E-state index contributed by atoms with van der Waals surface area (Å²) in [6.45, 7) is 1.13. The zero-order valence-corrected chi connectivity index (χ0v) is 14.0. The van der Waals surface area contributed by atoms with Crippen LogP contribution >= 0.6 is 0 Å². The highest BCUT2D eigenvalue weighted by Gasteiger charge is 2.42. The van der Waals surface area contributed by atoms with Crippen LogP contribution in [0.1, 0.15) is 83.5 Å².